The molecule has 0 aliphatic carbocycles. The highest BCUT2D eigenvalue weighted by Crippen LogP contribution is 2.38. The van der Waals surface area contributed by atoms with Gasteiger partial charge in [-0.1, -0.05) is 37.2 Å². The molecule has 3 nitrogen and oxygen atoms in total. The second-order valence-electron chi connectivity index (χ2n) is 5.25. The number of Topliss-reactive ketones (excluding diaryl/α,β-unsaturated/α-hetero) is 1. The van der Waals surface area contributed by atoms with Gasteiger partial charge in [0.2, 0.25) is 0 Å². The third-order valence-electron chi connectivity index (χ3n) is 2.55. The topological polar surface area (TPSA) is 43.4 Å². The van der Waals surface area contributed by atoms with Gasteiger partial charge in [0, 0.05) is 0 Å². The molecule has 0 aliphatic heterocycles. The van der Waals surface area contributed by atoms with Gasteiger partial charge in [0.25, 0.3) is 5.78 Å². The third-order valence-corrected chi connectivity index (χ3v) is 4.28. The van der Waals surface area contributed by atoms with Crippen LogP contribution in [0.1, 0.15) is 5.56 Å². The fourth-order valence-corrected chi connectivity index (χ4v) is 2.95. The van der Waals surface area contributed by atoms with Crippen LogP contribution in [-0.2, 0) is 20.9 Å². The van der Waals surface area contributed by atoms with Crippen molar-refractivity contribution in [3.05, 3.63) is 35.9 Å². The fraction of sp³-hybridized carbons (Fsp3) is 0.357. The summed E-state index contributed by atoms with van der Waals surface area (Å²) in [5.74, 6) is -3.30. The van der Waals surface area contributed by atoms with Crippen LogP contribution in [0.3, 0.4) is 0 Å². The van der Waals surface area contributed by atoms with Crippen LogP contribution in [0.5, 0.6) is 0 Å². The molecule has 0 atom stereocenters. The molecule has 1 aromatic carbocycles. The predicted octanol–water partition coefficient (Wildman–Crippen LogP) is 2.94. The Labute approximate surface area is 121 Å². The molecular formula is C14H16F3O3P. The minimum absolute atomic E-state index is 0.172. The van der Waals surface area contributed by atoms with E-state index in [0.29, 0.717) is 5.56 Å². The summed E-state index contributed by atoms with van der Waals surface area (Å²) in [4.78, 5) is 23.3. The lowest BCUT2D eigenvalue weighted by atomic mass is 10.2. The van der Waals surface area contributed by atoms with Crippen LogP contribution in [0.2, 0.25) is 0 Å². The van der Waals surface area contributed by atoms with Crippen molar-refractivity contribution in [2.24, 2.45) is 0 Å². The largest absolute Gasteiger partial charge is 0.457 e. The molecule has 0 heterocycles. The highest BCUT2D eigenvalue weighted by molar-refractivity contribution is 7.77. The molecule has 0 bridgehead atoms. The van der Waals surface area contributed by atoms with E-state index in [-0.39, 0.29) is 6.61 Å². The summed E-state index contributed by atoms with van der Waals surface area (Å²) in [6.45, 7) is 1.75. The van der Waals surface area contributed by atoms with E-state index in [1.165, 1.54) is 20.0 Å². The van der Waals surface area contributed by atoms with Crippen LogP contribution in [0.25, 0.3) is 0 Å². The number of rotatable bonds is 4. The van der Waals surface area contributed by atoms with Crippen molar-refractivity contribution in [2.45, 2.75) is 12.8 Å². The van der Waals surface area contributed by atoms with Gasteiger partial charge >= 0.3 is 12.1 Å². The molecule has 1 aromatic rings. The fourth-order valence-electron chi connectivity index (χ4n) is 1.60. The normalized spacial score (nSPS) is 11.9. The lowest BCUT2D eigenvalue weighted by Gasteiger charge is -2.17. The Hall–Kier alpha value is -1.55. The standard InChI is InChI=1S/C14H16F3O3P/c1-21(2,3)11(12(18)14(15,16)17)13(19)20-9-10-7-5-4-6-8-10/h4-8H,9H2,1-3H3. The smallest absolute Gasteiger partial charge is 0.455 e. The molecule has 0 saturated heterocycles. The van der Waals surface area contributed by atoms with Crippen molar-refractivity contribution >= 4 is 23.9 Å². The molecular weight excluding hydrogens is 304 g/mol. The van der Waals surface area contributed by atoms with Crippen molar-refractivity contribution in [3.63, 3.8) is 0 Å². The number of carbonyl (C=O) groups excluding carboxylic acids is 2. The number of alkyl halides is 3. The zero-order valence-electron chi connectivity index (χ0n) is 11.9. The van der Waals surface area contributed by atoms with Crippen molar-refractivity contribution in [2.75, 3.05) is 20.0 Å². The first-order chi connectivity index (χ1) is 9.53. The SMILES string of the molecule is CP(C)(C)=C(C(=O)OCc1ccccc1)C(=O)C(F)(F)F. The molecule has 0 radical (unpaired) electrons. The molecule has 21 heavy (non-hydrogen) atoms. The predicted molar refractivity (Wildman–Crippen MR) is 77.0 cm³/mol. The highest BCUT2D eigenvalue weighted by Gasteiger charge is 2.45. The number of carbonyl (C=O) groups is 2. The van der Waals surface area contributed by atoms with Crippen molar-refractivity contribution in [3.8, 4) is 0 Å². The number of benzene rings is 1. The molecule has 1 rings (SSSR count). The number of halogens is 3. The molecule has 116 valence electrons. The van der Waals surface area contributed by atoms with E-state index >= 15 is 0 Å². The van der Waals surface area contributed by atoms with E-state index in [4.69, 9.17) is 4.74 Å². The Morgan fingerprint density at radius 2 is 1.62 bits per heavy atom. The van der Waals surface area contributed by atoms with Crippen LogP contribution in [0.15, 0.2) is 30.3 Å². The maximum absolute atomic E-state index is 12.6. The van der Waals surface area contributed by atoms with E-state index < -0.39 is 30.1 Å². The summed E-state index contributed by atoms with van der Waals surface area (Å²) in [6.07, 6.45) is -5.08. The minimum atomic E-state index is -5.08. The molecule has 0 aromatic heterocycles. The molecule has 0 aliphatic rings. The van der Waals surface area contributed by atoms with Crippen LogP contribution in [0, 0.1) is 0 Å². The number of hydrogen-bond acceptors (Lipinski definition) is 3. The lowest BCUT2D eigenvalue weighted by Crippen LogP contribution is -2.37. The van der Waals surface area contributed by atoms with E-state index in [9.17, 15) is 22.8 Å². The Balaban J connectivity index is 2.97. The van der Waals surface area contributed by atoms with Crippen LogP contribution >= 0.6 is 6.89 Å². The molecule has 0 fully saturated rings. The van der Waals surface area contributed by atoms with Gasteiger partial charge < -0.3 is 4.74 Å². The Bertz CT molecular complexity index is 577. The van der Waals surface area contributed by atoms with Gasteiger partial charge in [-0.25, -0.2) is 4.79 Å². The average Bonchev–Trinajstić information content (AvgIpc) is 2.35. The molecule has 0 amide bonds. The zero-order valence-corrected chi connectivity index (χ0v) is 12.8. The highest BCUT2D eigenvalue weighted by atomic mass is 31.2. The Morgan fingerprint density at radius 1 is 1.10 bits per heavy atom. The quantitative estimate of drug-likeness (QED) is 0.487. The monoisotopic (exact) mass is 320 g/mol. The first-order valence-corrected chi connectivity index (χ1v) is 9.18. The van der Waals surface area contributed by atoms with Crippen molar-refractivity contribution < 1.29 is 27.5 Å². The number of hydrogen-bond donors (Lipinski definition) is 0. The van der Waals surface area contributed by atoms with Crippen molar-refractivity contribution in [1.82, 2.24) is 0 Å². The summed E-state index contributed by atoms with van der Waals surface area (Å²) in [6, 6.07) is 8.53. The minimum Gasteiger partial charge on any atom is -0.457 e. The molecule has 0 N–H and O–H groups in total. The Morgan fingerprint density at radius 3 is 2.05 bits per heavy atom. The summed E-state index contributed by atoms with van der Waals surface area (Å²) in [5.41, 5.74) is 0.636. The maximum atomic E-state index is 12.6. The van der Waals surface area contributed by atoms with E-state index in [1.807, 2.05) is 0 Å². The van der Waals surface area contributed by atoms with Gasteiger partial charge in [0.1, 0.15) is 11.9 Å². The van der Waals surface area contributed by atoms with Crippen LogP contribution in [-0.4, -0.2) is 43.2 Å². The van der Waals surface area contributed by atoms with E-state index in [0.717, 1.165) is 0 Å². The second kappa shape index (κ2) is 6.48. The zero-order chi connectivity index (χ0) is 16.3. The number of ether oxygens (including phenoxy) is 1. The van der Waals surface area contributed by atoms with E-state index in [1.54, 1.807) is 30.3 Å². The summed E-state index contributed by atoms with van der Waals surface area (Å²) < 4.78 is 42.6. The summed E-state index contributed by atoms with van der Waals surface area (Å²) in [7, 11) is 0. The molecule has 0 saturated carbocycles. The Kier molecular flexibility index (Phi) is 5.40. The lowest BCUT2D eigenvalue weighted by molar-refractivity contribution is -0.164. The first-order valence-electron chi connectivity index (χ1n) is 6.05. The first kappa shape index (κ1) is 17.5. The van der Waals surface area contributed by atoms with E-state index in [2.05, 4.69) is 0 Å². The van der Waals surface area contributed by atoms with Gasteiger partial charge in [0.15, 0.2) is 0 Å². The molecule has 0 spiro atoms. The van der Waals surface area contributed by atoms with Gasteiger partial charge in [0.05, 0.1) is 0 Å². The van der Waals surface area contributed by atoms with Gasteiger partial charge in [-0.15, -0.1) is 0 Å². The molecule has 7 heteroatoms. The number of esters is 1. The molecule has 0 unspecified atom stereocenters. The maximum Gasteiger partial charge on any atom is 0.455 e. The average molecular weight is 320 g/mol. The number of ketones is 1. The summed E-state index contributed by atoms with van der Waals surface area (Å²) >= 11 is 0. The van der Waals surface area contributed by atoms with Gasteiger partial charge in [-0.3, -0.25) is 4.79 Å². The van der Waals surface area contributed by atoms with Crippen LogP contribution in [0.4, 0.5) is 13.2 Å². The summed E-state index contributed by atoms with van der Waals surface area (Å²) in [5, 5.41) is -0.786. The van der Waals surface area contributed by atoms with Crippen molar-refractivity contribution in [1.29, 1.82) is 0 Å². The second-order valence-corrected chi connectivity index (χ2v) is 9.72. The third kappa shape index (κ3) is 5.05. The van der Waals surface area contributed by atoms with Crippen LogP contribution < -0.4 is 0 Å². The van der Waals surface area contributed by atoms with Gasteiger partial charge in [-0.2, -0.15) is 13.2 Å². The van der Waals surface area contributed by atoms with Gasteiger partial charge in [-0.05, 0) is 25.6 Å².